The van der Waals surface area contributed by atoms with Gasteiger partial charge in [0.1, 0.15) is 5.75 Å². The molecule has 0 saturated carbocycles. The van der Waals surface area contributed by atoms with Crippen LogP contribution in [0.4, 0.5) is 13.2 Å². The smallest absolute Gasteiger partial charge is 0.491 e. The Balaban J connectivity index is 2.14. The highest BCUT2D eigenvalue weighted by atomic mass is 19.4. The van der Waals surface area contributed by atoms with Gasteiger partial charge in [0.25, 0.3) is 0 Å². The summed E-state index contributed by atoms with van der Waals surface area (Å²) in [5.41, 5.74) is 0.937. The van der Waals surface area contributed by atoms with Gasteiger partial charge in [-0.25, -0.2) is 4.79 Å². The third kappa shape index (κ3) is 10.9. The van der Waals surface area contributed by atoms with Crippen LogP contribution in [-0.4, -0.2) is 31.3 Å². The van der Waals surface area contributed by atoms with Crippen LogP contribution in [0.1, 0.15) is 57.4 Å². The lowest BCUT2D eigenvalue weighted by molar-refractivity contribution is -0.201. The van der Waals surface area contributed by atoms with E-state index in [1.807, 2.05) is 24.3 Å². The molecule has 158 valence electrons. The number of hydrogen-bond acceptors (Lipinski definition) is 5. The van der Waals surface area contributed by atoms with Crippen molar-refractivity contribution in [2.75, 3.05) is 13.2 Å². The van der Waals surface area contributed by atoms with E-state index in [-0.39, 0.29) is 13.0 Å². The van der Waals surface area contributed by atoms with Crippen molar-refractivity contribution < 1.29 is 32.2 Å². The molecule has 0 saturated heterocycles. The maximum absolute atomic E-state index is 12.0. The highest BCUT2D eigenvalue weighted by molar-refractivity contribution is 5.88. The summed E-state index contributed by atoms with van der Waals surface area (Å²) in [5.74, 6) is -2.92. The fraction of sp³-hybridized carbons (Fsp3) is 0.600. The Morgan fingerprint density at radius 3 is 2.29 bits per heavy atom. The molecular weight excluding hydrogens is 375 g/mol. The molecule has 0 fully saturated rings. The SMILES string of the molecule is CCCCCCCCOc1ccc(CNCCC(=O)OC(=O)C(F)(F)F)cc1. The number of halogens is 3. The lowest BCUT2D eigenvalue weighted by Crippen LogP contribution is -2.29. The molecule has 28 heavy (non-hydrogen) atoms. The molecule has 8 heteroatoms. The second-order valence-electron chi connectivity index (χ2n) is 6.45. The number of nitrogens with one attached hydrogen (secondary N) is 1. The zero-order valence-electron chi connectivity index (χ0n) is 16.1. The van der Waals surface area contributed by atoms with E-state index in [0.717, 1.165) is 17.7 Å². The van der Waals surface area contributed by atoms with Crippen LogP contribution < -0.4 is 10.1 Å². The van der Waals surface area contributed by atoms with Crippen LogP contribution in [0.25, 0.3) is 0 Å². The first kappa shape index (κ1) is 23.9. The molecule has 0 aliphatic heterocycles. The molecule has 0 aromatic heterocycles. The zero-order valence-corrected chi connectivity index (χ0v) is 16.1. The highest BCUT2D eigenvalue weighted by Gasteiger charge is 2.42. The van der Waals surface area contributed by atoms with Crippen molar-refractivity contribution in [3.05, 3.63) is 29.8 Å². The molecule has 0 spiro atoms. The number of ether oxygens (including phenoxy) is 2. The van der Waals surface area contributed by atoms with E-state index in [9.17, 15) is 22.8 Å². The Morgan fingerprint density at radius 1 is 1.00 bits per heavy atom. The minimum absolute atomic E-state index is 0.0975. The molecule has 0 amide bonds. The summed E-state index contributed by atoms with van der Waals surface area (Å²) >= 11 is 0. The third-order valence-electron chi connectivity index (χ3n) is 3.96. The second-order valence-corrected chi connectivity index (χ2v) is 6.45. The minimum atomic E-state index is -5.16. The highest BCUT2D eigenvalue weighted by Crippen LogP contribution is 2.17. The first-order valence-corrected chi connectivity index (χ1v) is 9.57. The number of hydrogen-bond donors (Lipinski definition) is 1. The topological polar surface area (TPSA) is 64.6 Å². The Morgan fingerprint density at radius 2 is 1.64 bits per heavy atom. The van der Waals surface area contributed by atoms with Crippen molar-refractivity contribution in [2.45, 2.75) is 64.6 Å². The van der Waals surface area contributed by atoms with E-state index >= 15 is 0 Å². The number of benzene rings is 1. The minimum Gasteiger partial charge on any atom is -0.494 e. The van der Waals surface area contributed by atoms with Gasteiger partial charge in [-0.05, 0) is 24.1 Å². The number of alkyl halides is 3. The average Bonchev–Trinajstić information content (AvgIpc) is 2.65. The summed E-state index contributed by atoms with van der Waals surface area (Å²) in [4.78, 5) is 21.7. The van der Waals surface area contributed by atoms with Gasteiger partial charge >= 0.3 is 18.1 Å². The van der Waals surface area contributed by atoms with E-state index < -0.39 is 18.1 Å². The first-order chi connectivity index (χ1) is 13.3. The van der Waals surface area contributed by atoms with Crippen LogP contribution in [0.15, 0.2) is 24.3 Å². The first-order valence-electron chi connectivity index (χ1n) is 9.57. The summed E-state index contributed by atoms with van der Waals surface area (Å²) < 4.78 is 45.3. The van der Waals surface area contributed by atoms with Crippen LogP contribution in [0, 0.1) is 0 Å². The Hall–Kier alpha value is -2.09. The van der Waals surface area contributed by atoms with Gasteiger partial charge in [-0.3, -0.25) is 4.79 Å². The van der Waals surface area contributed by atoms with Crippen molar-refractivity contribution >= 4 is 11.9 Å². The summed E-state index contributed by atoms with van der Waals surface area (Å²) in [7, 11) is 0. The molecule has 0 unspecified atom stereocenters. The van der Waals surface area contributed by atoms with Gasteiger partial charge < -0.3 is 14.8 Å². The van der Waals surface area contributed by atoms with Crippen LogP contribution in [0.2, 0.25) is 0 Å². The predicted octanol–water partition coefficient (Wildman–Crippen LogP) is 4.54. The van der Waals surface area contributed by atoms with E-state index in [2.05, 4.69) is 17.0 Å². The monoisotopic (exact) mass is 403 g/mol. The lowest BCUT2D eigenvalue weighted by atomic mass is 10.1. The van der Waals surface area contributed by atoms with Gasteiger partial charge in [0.2, 0.25) is 0 Å². The predicted molar refractivity (Wildman–Crippen MR) is 98.8 cm³/mol. The largest absolute Gasteiger partial charge is 0.494 e. The average molecular weight is 403 g/mol. The summed E-state index contributed by atoms with van der Waals surface area (Å²) in [5, 5.41) is 2.91. The molecule has 0 heterocycles. The second kappa shape index (κ2) is 13.1. The van der Waals surface area contributed by atoms with Gasteiger partial charge in [0.15, 0.2) is 0 Å². The fourth-order valence-electron chi connectivity index (χ4n) is 2.41. The van der Waals surface area contributed by atoms with Gasteiger partial charge in [0, 0.05) is 13.1 Å². The van der Waals surface area contributed by atoms with Crippen molar-refractivity contribution in [3.8, 4) is 5.75 Å². The number of rotatable bonds is 13. The van der Waals surface area contributed by atoms with Crippen molar-refractivity contribution in [1.82, 2.24) is 5.32 Å². The van der Waals surface area contributed by atoms with E-state index in [1.54, 1.807) is 0 Å². The van der Waals surface area contributed by atoms with Crippen molar-refractivity contribution in [2.24, 2.45) is 0 Å². The van der Waals surface area contributed by atoms with Crippen LogP contribution >= 0.6 is 0 Å². The van der Waals surface area contributed by atoms with Crippen molar-refractivity contribution in [1.29, 1.82) is 0 Å². The maximum atomic E-state index is 12.0. The molecule has 0 aliphatic carbocycles. The Bertz CT molecular complexity index is 588. The van der Waals surface area contributed by atoms with E-state index in [0.29, 0.717) is 13.2 Å². The number of esters is 2. The molecule has 1 aromatic carbocycles. The van der Waals surface area contributed by atoms with Gasteiger partial charge in [-0.1, -0.05) is 51.2 Å². The lowest BCUT2D eigenvalue weighted by Gasteiger charge is -2.08. The van der Waals surface area contributed by atoms with Gasteiger partial charge in [-0.15, -0.1) is 0 Å². The molecule has 0 bridgehead atoms. The van der Waals surface area contributed by atoms with Crippen LogP contribution in [-0.2, 0) is 20.9 Å². The Kier molecular flexibility index (Phi) is 11.2. The molecule has 1 N–H and O–H groups in total. The maximum Gasteiger partial charge on any atom is 0.491 e. The van der Waals surface area contributed by atoms with E-state index in [4.69, 9.17) is 4.74 Å². The summed E-state index contributed by atoms with van der Waals surface area (Å²) in [6, 6.07) is 7.44. The molecule has 1 rings (SSSR count). The van der Waals surface area contributed by atoms with Crippen LogP contribution in [0.3, 0.4) is 0 Å². The standard InChI is InChI=1S/C20H28F3NO4/c1-2-3-4-5-6-7-14-27-17-10-8-16(9-11-17)15-24-13-12-18(25)28-19(26)20(21,22)23/h8-11,24H,2-7,12-15H2,1H3. The Labute approximate surface area is 163 Å². The third-order valence-corrected chi connectivity index (χ3v) is 3.96. The molecule has 0 radical (unpaired) electrons. The number of carbonyl (C=O) groups is 2. The number of unbranched alkanes of at least 4 members (excludes halogenated alkanes) is 5. The fourth-order valence-corrected chi connectivity index (χ4v) is 2.41. The van der Waals surface area contributed by atoms with E-state index in [1.165, 1.54) is 32.1 Å². The summed E-state index contributed by atoms with van der Waals surface area (Å²) in [6.07, 6.45) is 1.72. The van der Waals surface area contributed by atoms with Crippen LogP contribution in [0.5, 0.6) is 5.75 Å². The summed E-state index contributed by atoms with van der Waals surface area (Å²) in [6.45, 7) is 3.40. The molecule has 0 atom stereocenters. The zero-order chi connectivity index (χ0) is 20.8. The molecule has 1 aromatic rings. The van der Waals surface area contributed by atoms with Gasteiger partial charge in [-0.2, -0.15) is 13.2 Å². The normalized spacial score (nSPS) is 11.3. The molecule has 0 aliphatic rings. The quantitative estimate of drug-likeness (QED) is 0.298. The van der Waals surface area contributed by atoms with Crippen molar-refractivity contribution in [3.63, 3.8) is 0 Å². The molecular formula is C20H28F3NO4. The van der Waals surface area contributed by atoms with Gasteiger partial charge in [0.05, 0.1) is 13.0 Å². The number of carbonyl (C=O) groups excluding carboxylic acids is 2. The molecule has 5 nitrogen and oxygen atoms in total.